The fraction of sp³-hybridized carbons (Fsp3) is 0.364. The van der Waals surface area contributed by atoms with Gasteiger partial charge in [0, 0.05) is 6.04 Å². The summed E-state index contributed by atoms with van der Waals surface area (Å²) in [5.74, 6) is 0.00738. The van der Waals surface area contributed by atoms with Gasteiger partial charge in [-0.25, -0.2) is 4.39 Å². The van der Waals surface area contributed by atoms with E-state index < -0.39 is 0 Å². The van der Waals surface area contributed by atoms with Crippen LogP contribution in [0.15, 0.2) is 12.1 Å². The van der Waals surface area contributed by atoms with Crippen molar-refractivity contribution in [1.82, 2.24) is 0 Å². The molecule has 0 fully saturated rings. The summed E-state index contributed by atoms with van der Waals surface area (Å²) in [6.45, 7) is 0. The summed E-state index contributed by atoms with van der Waals surface area (Å²) in [5.41, 5.74) is 7.90. The summed E-state index contributed by atoms with van der Waals surface area (Å²) in [7, 11) is 1.47. The van der Waals surface area contributed by atoms with Crippen molar-refractivity contribution >= 4 is 0 Å². The molecule has 1 radical (unpaired) electrons. The average molecular weight is 194 g/mol. The zero-order chi connectivity index (χ0) is 10.1. The van der Waals surface area contributed by atoms with E-state index >= 15 is 0 Å². The van der Waals surface area contributed by atoms with Gasteiger partial charge in [-0.15, -0.1) is 0 Å². The Labute approximate surface area is 82.9 Å². The lowest BCUT2D eigenvalue weighted by Gasteiger charge is -2.21. The maximum atomic E-state index is 13.3. The van der Waals surface area contributed by atoms with Crippen LogP contribution >= 0.6 is 0 Å². The molecule has 14 heavy (non-hydrogen) atoms. The van der Waals surface area contributed by atoms with Crippen LogP contribution in [0.4, 0.5) is 4.39 Å². The van der Waals surface area contributed by atoms with Crippen LogP contribution in [0.25, 0.3) is 0 Å². The number of ether oxygens (including phenoxy) is 1. The molecule has 1 atom stereocenters. The highest BCUT2D eigenvalue weighted by atomic mass is 19.1. The topological polar surface area (TPSA) is 35.2 Å². The molecule has 2 nitrogen and oxygen atoms in total. The Hall–Kier alpha value is -1.09. The lowest BCUT2D eigenvalue weighted by molar-refractivity contribution is 0.385. The highest BCUT2D eigenvalue weighted by Gasteiger charge is 2.18. The normalized spacial score (nSPS) is 20.4. The number of hydrogen-bond acceptors (Lipinski definition) is 2. The predicted octanol–water partition coefficient (Wildman–Crippen LogP) is 1.46. The van der Waals surface area contributed by atoms with Gasteiger partial charge in [-0.3, -0.25) is 0 Å². The fourth-order valence-corrected chi connectivity index (χ4v) is 1.79. The van der Waals surface area contributed by atoms with Crippen LogP contribution in [0.1, 0.15) is 11.1 Å². The Morgan fingerprint density at radius 3 is 2.93 bits per heavy atom. The second-order valence-electron chi connectivity index (χ2n) is 3.56. The summed E-state index contributed by atoms with van der Waals surface area (Å²) in [6.07, 6.45) is 3.53. The minimum atomic E-state index is -0.296. The van der Waals surface area contributed by atoms with Crippen molar-refractivity contribution in [2.24, 2.45) is 5.73 Å². The SMILES string of the molecule is COc1cc2c(cc1F)C[CH]C(N)C2. The summed E-state index contributed by atoms with van der Waals surface area (Å²) in [6, 6.07) is 3.37. The summed E-state index contributed by atoms with van der Waals surface area (Å²) in [5, 5.41) is 0. The maximum absolute atomic E-state index is 13.3. The lowest BCUT2D eigenvalue weighted by atomic mass is 9.88. The smallest absolute Gasteiger partial charge is 0.165 e. The van der Waals surface area contributed by atoms with Gasteiger partial charge in [0.25, 0.3) is 0 Å². The Kier molecular flexibility index (Phi) is 2.42. The van der Waals surface area contributed by atoms with Crippen LogP contribution in [0.3, 0.4) is 0 Å². The molecule has 1 aliphatic rings. The number of hydrogen-bond donors (Lipinski definition) is 1. The molecule has 0 saturated carbocycles. The van der Waals surface area contributed by atoms with Crippen molar-refractivity contribution in [2.75, 3.05) is 7.11 Å². The van der Waals surface area contributed by atoms with Gasteiger partial charge in [0.15, 0.2) is 11.6 Å². The van der Waals surface area contributed by atoms with Gasteiger partial charge in [-0.05, 0) is 42.5 Å². The van der Waals surface area contributed by atoms with E-state index in [-0.39, 0.29) is 11.9 Å². The zero-order valence-electron chi connectivity index (χ0n) is 8.09. The molecule has 0 aliphatic heterocycles. The van der Waals surface area contributed by atoms with Gasteiger partial charge in [-0.2, -0.15) is 0 Å². The Morgan fingerprint density at radius 2 is 2.21 bits per heavy atom. The molecule has 0 saturated heterocycles. The average Bonchev–Trinajstić information content (AvgIpc) is 2.17. The van der Waals surface area contributed by atoms with Gasteiger partial charge >= 0.3 is 0 Å². The van der Waals surface area contributed by atoms with Crippen LogP contribution in [0, 0.1) is 12.2 Å². The first-order chi connectivity index (χ1) is 6.70. The van der Waals surface area contributed by atoms with E-state index in [1.165, 1.54) is 13.2 Å². The van der Waals surface area contributed by atoms with Gasteiger partial charge < -0.3 is 10.5 Å². The molecule has 0 aromatic heterocycles. The van der Waals surface area contributed by atoms with E-state index in [0.717, 1.165) is 24.0 Å². The quantitative estimate of drug-likeness (QED) is 0.734. The molecule has 3 heteroatoms. The first kappa shape index (κ1) is 9.46. The second kappa shape index (κ2) is 3.58. The van der Waals surface area contributed by atoms with E-state index in [0.29, 0.717) is 5.75 Å². The Balaban J connectivity index is 2.41. The molecule has 2 N–H and O–H groups in total. The Morgan fingerprint density at radius 1 is 1.43 bits per heavy atom. The molecular formula is C11H13FNO. The molecule has 0 bridgehead atoms. The van der Waals surface area contributed by atoms with Gasteiger partial charge in [-0.1, -0.05) is 0 Å². The van der Waals surface area contributed by atoms with Crippen molar-refractivity contribution in [2.45, 2.75) is 18.9 Å². The second-order valence-corrected chi connectivity index (χ2v) is 3.56. The standard InChI is InChI=1S/C11H13FNO/c1-14-11-6-8-4-9(13)3-2-7(8)5-10(11)12/h3,5-6,9H,2,4,13H2,1H3. The lowest BCUT2D eigenvalue weighted by Crippen LogP contribution is -2.28. The minimum absolute atomic E-state index is 0.0812. The molecule has 0 amide bonds. The maximum Gasteiger partial charge on any atom is 0.165 e. The van der Waals surface area contributed by atoms with E-state index in [1.54, 1.807) is 6.07 Å². The van der Waals surface area contributed by atoms with Crippen LogP contribution < -0.4 is 10.5 Å². The van der Waals surface area contributed by atoms with Crippen LogP contribution in [-0.4, -0.2) is 13.2 Å². The number of nitrogens with two attached hydrogens (primary N) is 1. The number of halogens is 1. The van der Waals surface area contributed by atoms with Crippen molar-refractivity contribution in [1.29, 1.82) is 0 Å². The first-order valence-corrected chi connectivity index (χ1v) is 4.65. The molecule has 1 aromatic rings. The van der Waals surface area contributed by atoms with Crippen LogP contribution in [0.5, 0.6) is 5.75 Å². The van der Waals surface area contributed by atoms with Crippen molar-refractivity contribution in [3.8, 4) is 5.75 Å². The molecule has 0 heterocycles. The summed E-state index contributed by atoms with van der Waals surface area (Å²) >= 11 is 0. The van der Waals surface area contributed by atoms with Crippen LogP contribution in [0.2, 0.25) is 0 Å². The number of methoxy groups -OCH3 is 1. The van der Waals surface area contributed by atoms with Gasteiger partial charge in [0.2, 0.25) is 0 Å². The highest BCUT2D eigenvalue weighted by molar-refractivity contribution is 5.40. The molecule has 1 aromatic carbocycles. The predicted molar refractivity (Wildman–Crippen MR) is 52.6 cm³/mol. The first-order valence-electron chi connectivity index (χ1n) is 4.65. The third kappa shape index (κ3) is 1.60. The van der Waals surface area contributed by atoms with E-state index in [2.05, 4.69) is 0 Å². The van der Waals surface area contributed by atoms with E-state index in [1.807, 2.05) is 6.42 Å². The van der Waals surface area contributed by atoms with Crippen molar-refractivity contribution in [3.05, 3.63) is 35.5 Å². The van der Waals surface area contributed by atoms with Gasteiger partial charge in [0.05, 0.1) is 7.11 Å². The molecule has 75 valence electrons. The number of fused-ring (bicyclic) bond motifs is 1. The van der Waals surface area contributed by atoms with Crippen molar-refractivity contribution in [3.63, 3.8) is 0 Å². The summed E-state index contributed by atoms with van der Waals surface area (Å²) in [4.78, 5) is 0. The fourth-order valence-electron chi connectivity index (χ4n) is 1.79. The van der Waals surface area contributed by atoms with E-state index in [4.69, 9.17) is 10.5 Å². The van der Waals surface area contributed by atoms with Crippen molar-refractivity contribution < 1.29 is 9.13 Å². The number of benzene rings is 1. The molecule has 1 unspecified atom stereocenters. The largest absolute Gasteiger partial charge is 0.494 e. The zero-order valence-corrected chi connectivity index (χ0v) is 8.09. The molecule has 0 spiro atoms. The molecule has 1 aliphatic carbocycles. The highest BCUT2D eigenvalue weighted by Crippen LogP contribution is 2.27. The third-order valence-electron chi connectivity index (χ3n) is 2.57. The monoisotopic (exact) mass is 194 g/mol. The van der Waals surface area contributed by atoms with Gasteiger partial charge in [0.1, 0.15) is 0 Å². The Bertz CT molecular complexity index is 351. The summed E-state index contributed by atoms with van der Waals surface area (Å²) < 4.78 is 18.2. The van der Waals surface area contributed by atoms with E-state index in [9.17, 15) is 4.39 Å². The van der Waals surface area contributed by atoms with Crippen LogP contribution in [-0.2, 0) is 12.8 Å². The molecule has 2 rings (SSSR count). The minimum Gasteiger partial charge on any atom is -0.494 e. The number of rotatable bonds is 1. The molecular weight excluding hydrogens is 181 g/mol. The third-order valence-corrected chi connectivity index (χ3v) is 2.57.